The molecule has 0 amide bonds. The van der Waals surface area contributed by atoms with E-state index < -0.39 is 9.84 Å². The second-order valence-electron chi connectivity index (χ2n) is 4.35. The average molecular weight is 330 g/mol. The first-order chi connectivity index (χ1) is 9.38. The van der Waals surface area contributed by atoms with Gasteiger partial charge in [-0.1, -0.05) is 35.3 Å². The number of sulfone groups is 1. The minimum Gasteiger partial charge on any atom is -0.381 e. The van der Waals surface area contributed by atoms with Crippen LogP contribution in [0.25, 0.3) is 0 Å². The average Bonchev–Trinajstić information content (AvgIpc) is 2.37. The minimum atomic E-state index is -3.22. The number of rotatable bonds is 4. The number of anilines is 1. The minimum absolute atomic E-state index is 0.271. The summed E-state index contributed by atoms with van der Waals surface area (Å²) >= 11 is 12.2. The third-order valence-electron chi connectivity index (χ3n) is 2.79. The molecule has 0 aliphatic heterocycles. The van der Waals surface area contributed by atoms with Gasteiger partial charge in [-0.2, -0.15) is 0 Å². The van der Waals surface area contributed by atoms with Crippen molar-refractivity contribution in [3.63, 3.8) is 0 Å². The van der Waals surface area contributed by atoms with Gasteiger partial charge in [-0.15, -0.1) is 0 Å². The fraction of sp³-hybridized carbons (Fsp3) is 0.143. The van der Waals surface area contributed by atoms with E-state index in [4.69, 9.17) is 23.2 Å². The second-order valence-corrected chi connectivity index (χ2v) is 7.18. The topological polar surface area (TPSA) is 46.2 Å². The highest BCUT2D eigenvalue weighted by Gasteiger charge is 2.08. The van der Waals surface area contributed by atoms with Crippen LogP contribution in [0.4, 0.5) is 5.69 Å². The molecule has 106 valence electrons. The summed E-state index contributed by atoms with van der Waals surface area (Å²) in [7, 11) is -3.22. The molecule has 0 radical (unpaired) electrons. The largest absolute Gasteiger partial charge is 0.381 e. The van der Waals surface area contributed by atoms with Crippen LogP contribution in [0.5, 0.6) is 0 Å². The Hall–Kier alpha value is -1.23. The molecule has 1 N–H and O–H groups in total. The molecule has 0 saturated heterocycles. The number of benzene rings is 2. The molecule has 0 aromatic heterocycles. The first-order valence-corrected chi connectivity index (χ1v) is 8.49. The predicted molar refractivity (Wildman–Crippen MR) is 83.3 cm³/mol. The third-order valence-corrected chi connectivity index (χ3v) is 4.61. The van der Waals surface area contributed by atoms with Crippen molar-refractivity contribution in [1.82, 2.24) is 0 Å². The number of nitrogens with one attached hydrogen (secondary N) is 1. The van der Waals surface area contributed by atoms with Gasteiger partial charge in [0.1, 0.15) is 0 Å². The normalized spacial score (nSPS) is 11.3. The molecule has 0 saturated carbocycles. The Morgan fingerprint density at radius 3 is 2.25 bits per heavy atom. The highest BCUT2D eigenvalue weighted by atomic mass is 35.5. The molecular formula is C14H13Cl2NO2S. The molecule has 0 unspecified atom stereocenters. The van der Waals surface area contributed by atoms with E-state index in [-0.39, 0.29) is 4.90 Å². The van der Waals surface area contributed by atoms with Crippen molar-refractivity contribution in [2.45, 2.75) is 11.4 Å². The maximum Gasteiger partial charge on any atom is 0.175 e. The second kappa shape index (κ2) is 6.04. The summed E-state index contributed by atoms with van der Waals surface area (Å²) in [6, 6.07) is 11.9. The van der Waals surface area contributed by atoms with Crippen LogP contribution in [0.2, 0.25) is 10.0 Å². The van der Waals surface area contributed by atoms with E-state index in [1.54, 1.807) is 42.5 Å². The van der Waals surface area contributed by atoms with Crippen molar-refractivity contribution in [2.75, 3.05) is 11.6 Å². The quantitative estimate of drug-likeness (QED) is 0.921. The van der Waals surface area contributed by atoms with Gasteiger partial charge in [-0.05, 0) is 30.3 Å². The standard InChI is InChI=1S/C14H13Cl2NO2S/c1-20(18,19)11-5-2-4-10(8-11)17-9-12-13(15)6-3-7-14(12)16/h2-8,17H,9H2,1H3. The first-order valence-electron chi connectivity index (χ1n) is 5.85. The Morgan fingerprint density at radius 1 is 1.05 bits per heavy atom. The molecule has 0 fully saturated rings. The molecule has 0 spiro atoms. The molecule has 0 atom stereocenters. The predicted octanol–water partition coefficient (Wildman–Crippen LogP) is 4.01. The summed E-state index contributed by atoms with van der Waals surface area (Å²) in [6.07, 6.45) is 1.18. The van der Waals surface area contributed by atoms with E-state index in [0.29, 0.717) is 22.3 Å². The number of halogens is 2. The smallest absolute Gasteiger partial charge is 0.175 e. The SMILES string of the molecule is CS(=O)(=O)c1cccc(NCc2c(Cl)cccc2Cl)c1. The van der Waals surface area contributed by atoms with E-state index in [9.17, 15) is 8.42 Å². The van der Waals surface area contributed by atoms with Crippen LogP contribution in [0.15, 0.2) is 47.4 Å². The van der Waals surface area contributed by atoms with Gasteiger partial charge < -0.3 is 5.32 Å². The van der Waals surface area contributed by atoms with Crippen LogP contribution in [0.3, 0.4) is 0 Å². The maximum atomic E-state index is 11.5. The van der Waals surface area contributed by atoms with E-state index in [1.807, 2.05) is 0 Å². The van der Waals surface area contributed by atoms with Crippen LogP contribution < -0.4 is 5.32 Å². The zero-order valence-corrected chi connectivity index (χ0v) is 13.1. The third kappa shape index (κ3) is 3.66. The summed E-state index contributed by atoms with van der Waals surface area (Å²) in [5, 5.41) is 4.27. The fourth-order valence-corrected chi connectivity index (χ4v) is 2.93. The Morgan fingerprint density at radius 2 is 1.65 bits per heavy atom. The van der Waals surface area contributed by atoms with Gasteiger partial charge in [0.2, 0.25) is 0 Å². The van der Waals surface area contributed by atoms with Gasteiger partial charge in [0, 0.05) is 34.1 Å². The van der Waals surface area contributed by atoms with Gasteiger partial charge in [-0.3, -0.25) is 0 Å². The van der Waals surface area contributed by atoms with Crippen LogP contribution in [0.1, 0.15) is 5.56 Å². The number of hydrogen-bond acceptors (Lipinski definition) is 3. The van der Waals surface area contributed by atoms with Gasteiger partial charge in [0.15, 0.2) is 9.84 Å². The van der Waals surface area contributed by atoms with E-state index in [2.05, 4.69) is 5.32 Å². The summed E-state index contributed by atoms with van der Waals surface area (Å²) in [6.45, 7) is 0.422. The van der Waals surface area contributed by atoms with Crippen molar-refractivity contribution in [3.8, 4) is 0 Å². The highest BCUT2D eigenvalue weighted by Crippen LogP contribution is 2.25. The van der Waals surface area contributed by atoms with E-state index in [0.717, 1.165) is 5.56 Å². The van der Waals surface area contributed by atoms with Crippen LogP contribution in [-0.2, 0) is 16.4 Å². The van der Waals surface area contributed by atoms with Gasteiger partial charge >= 0.3 is 0 Å². The first kappa shape index (κ1) is 15.2. The number of hydrogen-bond donors (Lipinski definition) is 1. The molecular weight excluding hydrogens is 317 g/mol. The molecule has 0 heterocycles. The van der Waals surface area contributed by atoms with Crippen molar-refractivity contribution < 1.29 is 8.42 Å². The Kier molecular flexibility index (Phi) is 4.58. The van der Waals surface area contributed by atoms with Gasteiger partial charge in [0.25, 0.3) is 0 Å². The summed E-state index contributed by atoms with van der Waals surface area (Å²) < 4.78 is 23.0. The summed E-state index contributed by atoms with van der Waals surface area (Å²) in [5.74, 6) is 0. The molecule has 0 bridgehead atoms. The molecule has 3 nitrogen and oxygen atoms in total. The Balaban J connectivity index is 2.20. The van der Waals surface area contributed by atoms with E-state index in [1.165, 1.54) is 6.26 Å². The lowest BCUT2D eigenvalue weighted by Gasteiger charge is -2.10. The molecule has 20 heavy (non-hydrogen) atoms. The molecule has 6 heteroatoms. The lowest BCUT2D eigenvalue weighted by molar-refractivity contribution is 0.602. The van der Waals surface area contributed by atoms with Crippen LogP contribution in [0, 0.1) is 0 Å². The Labute approximate surface area is 128 Å². The zero-order valence-electron chi connectivity index (χ0n) is 10.7. The van der Waals surface area contributed by atoms with E-state index >= 15 is 0 Å². The zero-order chi connectivity index (χ0) is 14.8. The van der Waals surface area contributed by atoms with Crippen molar-refractivity contribution in [3.05, 3.63) is 58.1 Å². The molecule has 0 aliphatic rings. The monoisotopic (exact) mass is 329 g/mol. The maximum absolute atomic E-state index is 11.5. The molecule has 2 aromatic carbocycles. The van der Waals surface area contributed by atoms with Gasteiger partial charge in [-0.25, -0.2) is 8.42 Å². The van der Waals surface area contributed by atoms with Crippen LogP contribution in [-0.4, -0.2) is 14.7 Å². The highest BCUT2D eigenvalue weighted by molar-refractivity contribution is 7.90. The molecule has 2 aromatic rings. The van der Waals surface area contributed by atoms with Crippen molar-refractivity contribution in [2.24, 2.45) is 0 Å². The van der Waals surface area contributed by atoms with Gasteiger partial charge in [0.05, 0.1) is 4.90 Å². The lowest BCUT2D eigenvalue weighted by atomic mass is 10.2. The fourth-order valence-electron chi connectivity index (χ4n) is 1.73. The van der Waals surface area contributed by atoms with Crippen molar-refractivity contribution >= 4 is 38.7 Å². The molecule has 0 aliphatic carbocycles. The lowest BCUT2D eigenvalue weighted by Crippen LogP contribution is -2.03. The Bertz CT molecular complexity index is 709. The summed E-state index contributed by atoms with van der Waals surface area (Å²) in [4.78, 5) is 0.271. The van der Waals surface area contributed by atoms with Crippen LogP contribution >= 0.6 is 23.2 Å². The summed E-state index contributed by atoms with van der Waals surface area (Å²) in [5.41, 5.74) is 1.48. The molecule has 2 rings (SSSR count). The van der Waals surface area contributed by atoms with Crippen molar-refractivity contribution in [1.29, 1.82) is 0 Å².